The van der Waals surface area contributed by atoms with E-state index in [1.165, 1.54) is 28.7 Å². The van der Waals surface area contributed by atoms with Crippen LogP contribution < -0.4 is 5.32 Å². The van der Waals surface area contributed by atoms with Crippen LogP contribution in [-0.2, 0) is 19.4 Å². The molecular weight excluding hydrogens is 314 g/mol. The van der Waals surface area contributed by atoms with Crippen molar-refractivity contribution in [2.45, 2.75) is 72.9 Å². The average Bonchev–Trinajstić information content (AvgIpc) is 2.74. The molecular formula is C16H30BrN3. The van der Waals surface area contributed by atoms with Crippen molar-refractivity contribution in [3.05, 3.63) is 15.9 Å². The van der Waals surface area contributed by atoms with Crippen molar-refractivity contribution in [3.8, 4) is 0 Å². The molecule has 4 heteroatoms. The number of aryl methyl sites for hydroxylation is 2. The lowest BCUT2D eigenvalue weighted by Gasteiger charge is -2.21. The van der Waals surface area contributed by atoms with E-state index in [1.54, 1.807) is 0 Å². The molecule has 1 aromatic rings. The molecule has 116 valence electrons. The van der Waals surface area contributed by atoms with E-state index in [2.05, 4.69) is 65.6 Å². The summed E-state index contributed by atoms with van der Waals surface area (Å²) in [6, 6.07) is 0.627. The van der Waals surface area contributed by atoms with Crippen LogP contribution >= 0.6 is 15.9 Å². The van der Waals surface area contributed by atoms with E-state index < -0.39 is 0 Å². The van der Waals surface area contributed by atoms with Gasteiger partial charge in [-0.05, 0) is 61.0 Å². The average molecular weight is 344 g/mol. The Bertz CT molecular complexity index is 399. The topological polar surface area (TPSA) is 29.9 Å². The van der Waals surface area contributed by atoms with Crippen LogP contribution in [-0.4, -0.2) is 22.4 Å². The van der Waals surface area contributed by atoms with E-state index in [4.69, 9.17) is 0 Å². The Kier molecular flexibility index (Phi) is 7.82. The van der Waals surface area contributed by atoms with E-state index in [-0.39, 0.29) is 0 Å². The third kappa shape index (κ3) is 4.59. The second-order valence-electron chi connectivity index (χ2n) is 5.68. The van der Waals surface area contributed by atoms with Crippen LogP contribution in [0.2, 0.25) is 0 Å². The second kappa shape index (κ2) is 8.83. The Hall–Kier alpha value is -0.350. The molecule has 0 spiro atoms. The SMILES string of the molecule is CCNC(CCCc1c(Br)c(CC)nn1CC)C(C)C. The van der Waals surface area contributed by atoms with Crippen LogP contribution in [0, 0.1) is 5.92 Å². The number of hydrogen-bond acceptors (Lipinski definition) is 2. The van der Waals surface area contributed by atoms with Crippen molar-refractivity contribution in [2.24, 2.45) is 5.92 Å². The first kappa shape index (κ1) is 17.7. The first-order valence-electron chi connectivity index (χ1n) is 8.02. The fraction of sp³-hybridized carbons (Fsp3) is 0.812. The van der Waals surface area contributed by atoms with Gasteiger partial charge in [0.15, 0.2) is 0 Å². The maximum Gasteiger partial charge on any atom is 0.0766 e. The van der Waals surface area contributed by atoms with E-state index in [9.17, 15) is 0 Å². The van der Waals surface area contributed by atoms with Crippen LogP contribution in [0.1, 0.15) is 58.8 Å². The molecule has 20 heavy (non-hydrogen) atoms. The Labute approximate surface area is 132 Å². The summed E-state index contributed by atoms with van der Waals surface area (Å²) in [6.07, 6.45) is 4.54. The van der Waals surface area contributed by atoms with E-state index in [0.717, 1.165) is 25.9 Å². The van der Waals surface area contributed by atoms with Crippen molar-refractivity contribution in [3.63, 3.8) is 0 Å². The third-order valence-corrected chi connectivity index (χ3v) is 4.81. The van der Waals surface area contributed by atoms with Crippen molar-refractivity contribution >= 4 is 15.9 Å². The molecule has 0 fully saturated rings. The van der Waals surface area contributed by atoms with Crippen LogP contribution in [0.15, 0.2) is 4.47 Å². The summed E-state index contributed by atoms with van der Waals surface area (Å²) in [7, 11) is 0. The number of nitrogens with zero attached hydrogens (tertiary/aromatic N) is 2. The highest BCUT2D eigenvalue weighted by molar-refractivity contribution is 9.10. The van der Waals surface area contributed by atoms with Crippen molar-refractivity contribution < 1.29 is 0 Å². The minimum Gasteiger partial charge on any atom is -0.314 e. The highest BCUT2D eigenvalue weighted by Crippen LogP contribution is 2.24. The predicted octanol–water partition coefficient (Wildman–Crippen LogP) is 4.18. The Morgan fingerprint density at radius 2 is 1.95 bits per heavy atom. The molecule has 0 saturated heterocycles. The molecule has 1 unspecified atom stereocenters. The molecule has 0 aliphatic carbocycles. The zero-order valence-electron chi connectivity index (χ0n) is 13.7. The normalized spacial score (nSPS) is 13.2. The molecule has 1 aromatic heterocycles. The maximum absolute atomic E-state index is 4.67. The second-order valence-corrected chi connectivity index (χ2v) is 6.47. The van der Waals surface area contributed by atoms with Crippen molar-refractivity contribution in [1.82, 2.24) is 15.1 Å². The first-order chi connectivity index (χ1) is 9.54. The molecule has 0 amide bonds. The lowest BCUT2D eigenvalue weighted by Crippen LogP contribution is -2.33. The summed E-state index contributed by atoms with van der Waals surface area (Å²) < 4.78 is 3.38. The van der Waals surface area contributed by atoms with Crippen LogP contribution in [0.3, 0.4) is 0 Å². The fourth-order valence-corrected chi connectivity index (χ4v) is 3.44. The van der Waals surface area contributed by atoms with E-state index in [0.29, 0.717) is 12.0 Å². The number of rotatable bonds is 9. The quantitative estimate of drug-likeness (QED) is 0.728. The minimum absolute atomic E-state index is 0.627. The predicted molar refractivity (Wildman–Crippen MR) is 90.2 cm³/mol. The van der Waals surface area contributed by atoms with Gasteiger partial charge >= 0.3 is 0 Å². The first-order valence-corrected chi connectivity index (χ1v) is 8.81. The maximum atomic E-state index is 4.67. The number of aromatic nitrogens is 2. The smallest absolute Gasteiger partial charge is 0.0766 e. The van der Waals surface area contributed by atoms with Gasteiger partial charge < -0.3 is 5.32 Å². The van der Waals surface area contributed by atoms with Gasteiger partial charge in [-0.25, -0.2) is 0 Å². The van der Waals surface area contributed by atoms with Gasteiger partial charge in [0, 0.05) is 12.6 Å². The molecule has 3 nitrogen and oxygen atoms in total. The van der Waals surface area contributed by atoms with Gasteiger partial charge in [0.2, 0.25) is 0 Å². The third-order valence-electron chi connectivity index (χ3n) is 3.89. The summed E-state index contributed by atoms with van der Waals surface area (Å²) in [4.78, 5) is 0. The summed E-state index contributed by atoms with van der Waals surface area (Å²) in [6.45, 7) is 13.1. The molecule has 1 rings (SSSR count). The zero-order valence-corrected chi connectivity index (χ0v) is 15.3. The number of halogens is 1. The molecule has 0 aromatic carbocycles. The van der Waals surface area contributed by atoms with Crippen LogP contribution in [0.25, 0.3) is 0 Å². The Morgan fingerprint density at radius 1 is 1.25 bits per heavy atom. The highest BCUT2D eigenvalue weighted by atomic mass is 79.9. The fourth-order valence-electron chi connectivity index (χ4n) is 2.68. The lowest BCUT2D eigenvalue weighted by atomic mass is 9.97. The summed E-state index contributed by atoms with van der Waals surface area (Å²) in [5.41, 5.74) is 2.55. The van der Waals surface area contributed by atoms with Gasteiger partial charge in [0.1, 0.15) is 0 Å². The monoisotopic (exact) mass is 343 g/mol. The van der Waals surface area contributed by atoms with Crippen LogP contribution in [0.5, 0.6) is 0 Å². The molecule has 0 aliphatic rings. The Morgan fingerprint density at radius 3 is 2.45 bits per heavy atom. The van der Waals surface area contributed by atoms with E-state index >= 15 is 0 Å². The van der Waals surface area contributed by atoms with Gasteiger partial charge in [-0.15, -0.1) is 0 Å². The summed E-state index contributed by atoms with van der Waals surface area (Å²) in [5, 5.41) is 8.26. The molecule has 0 radical (unpaired) electrons. The molecule has 0 aliphatic heterocycles. The minimum atomic E-state index is 0.627. The molecule has 0 bridgehead atoms. The van der Waals surface area contributed by atoms with Gasteiger partial charge in [-0.1, -0.05) is 27.7 Å². The van der Waals surface area contributed by atoms with Crippen molar-refractivity contribution in [1.29, 1.82) is 0 Å². The summed E-state index contributed by atoms with van der Waals surface area (Å²) >= 11 is 3.73. The molecule has 0 saturated carbocycles. The number of hydrogen-bond donors (Lipinski definition) is 1. The van der Waals surface area contributed by atoms with Gasteiger partial charge in [0.25, 0.3) is 0 Å². The zero-order chi connectivity index (χ0) is 15.1. The Balaban J connectivity index is 2.63. The van der Waals surface area contributed by atoms with Crippen LogP contribution in [0.4, 0.5) is 0 Å². The van der Waals surface area contributed by atoms with Gasteiger partial charge in [-0.2, -0.15) is 5.10 Å². The van der Waals surface area contributed by atoms with Gasteiger partial charge in [-0.3, -0.25) is 4.68 Å². The highest BCUT2D eigenvalue weighted by Gasteiger charge is 2.15. The molecule has 1 N–H and O–H groups in total. The lowest BCUT2D eigenvalue weighted by molar-refractivity contribution is 0.375. The van der Waals surface area contributed by atoms with Crippen molar-refractivity contribution in [2.75, 3.05) is 6.54 Å². The van der Waals surface area contributed by atoms with Gasteiger partial charge in [0.05, 0.1) is 15.9 Å². The molecule has 1 heterocycles. The number of nitrogens with one attached hydrogen (secondary N) is 1. The standard InChI is InChI=1S/C16H30BrN3/c1-6-13-16(17)15(20(8-3)19-13)11-9-10-14(12(4)5)18-7-2/h12,14,18H,6-11H2,1-5H3. The molecule has 1 atom stereocenters. The summed E-state index contributed by atoms with van der Waals surface area (Å²) in [5.74, 6) is 0.695. The van der Waals surface area contributed by atoms with E-state index in [1.807, 2.05) is 0 Å². The largest absolute Gasteiger partial charge is 0.314 e.